The van der Waals surface area contributed by atoms with Crippen LogP contribution in [0, 0.1) is 0 Å². The van der Waals surface area contributed by atoms with Crippen LogP contribution in [0.3, 0.4) is 0 Å². The molecule has 1 heterocycles. The van der Waals surface area contributed by atoms with Crippen molar-refractivity contribution in [3.8, 4) is 5.75 Å². The number of rotatable bonds is 6. The third-order valence-corrected chi connectivity index (χ3v) is 4.96. The van der Waals surface area contributed by atoms with Gasteiger partial charge in [0.15, 0.2) is 6.54 Å². The number of nitrogens with two attached hydrogens (primary N) is 1. The lowest BCUT2D eigenvalue weighted by Gasteiger charge is -2.12. The lowest BCUT2D eigenvalue weighted by Crippen LogP contribution is -2.86. The van der Waals surface area contributed by atoms with E-state index in [1.807, 2.05) is 59.9 Å². The summed E-state index contributed by atoms with van der Waals surface area (Å²) in [5.74, 6) is 0.528. The number of anilines is 1. The van der Waals surface area contributed by atoms with E-state index >= 15 is 0 Å². The van der Waals surface area contributed by atoms with Crippen molar-refractivity contribution in [1.82, 2.24) is 0 Å². The van der Waals surface area contributed by atoms with Crippen LogP contribution in [0.5, 0.6) is 5.75 Å². The van der Waals surface area contributed by atoms with Crippen LogP contribution in [0.4, 0.5) is 5.69 Å². The van der Waals surface area contributed by atoms with Crippen LogP contribution in [-0.4, -0.2) is 19.6 Å². The first kappa shape index (κ1) is 18.1. The molecule has 0 bridgehead atoms. The van der Waals surface area contributed by atoms with Crippen molar-refractivity contribution in [3.05, 3.63) is 72.3 Å². The fourth-order valence-corrected chi connectivity index (χ4v) is 3.40. The number of fused-ring (bicyclic) bond motifs is 3. The van der Waals surface area contributed by atoms with E-state index in [4.69, 9.17) is 9.15 Å². The van der Waals surface area contributed by atoms with E-state index in [-0.39, 0.29) is 11.9 Å². The molecule has 0 aliphatic heterocycles. The fourth-order valence-electron chi connectivity index (χ4n) is 3.40. The van der Waals surface area contributed by atoms with Crippen molar-refractivity contribution in [3.63, 3.8) is 0 Å². The lowest BCUT2D eigenvalue weighted by atomic mass is 10.1. The minimum Gasteiger partial charge on any atom is -0.495 e. The van der Waals surface area contributed by atoms with E-state index < -0.39 is 0 Å². The Balaban J connectivity index is 1.52. The number of furan rings is 1. The van der Waals surface area contributed by atoms with Crippen molar-refractivity contribution < 1.29 is 19.3 Å². The number of para-hydroxylation sites is 1. The average molecular weight is 375 g/mol. The summed E-state index contributed by atoms with van der Waals surface area (Å²) in [5, 5.41) is 6.95. The van der Waals surface area contributed by atoms with Gasteiger partial charge in [0.2, 0.25) is 0 Å². The molecule has 142 valence electrons. The Labute approximate surface area is 163 Å². The van der Waals surface area contributed by atoms with E-state index in [9.17, 15) is 4.79 Å². The van der Waals surface area contributed by atoms with E-state index in [0.717, 1.165) is 21.9 Å². The van der Waals surface area contributed by atoms with Gasteiger partial charge in [0.1, 0.15) is 23.0 Å². The molecule has 0 fully saturated rings. The molecule has 0 aliphatic carbocycles. The van der Waals surface area contributed by atoms with Gasteiger partial charge in [-0.15, -0.1) is 0 Å². The van der Waals surface area contributed by atoms with Gasteiger partial charge in [-0.25, -0.2) is 0 Å². The summed E-state index contributed by atoms with van der Waals surface area (Å²) in [7, 11) is 1.60. The number of carbonyl (C=O) groups is 1. The third kappa shape index (κ3) is 3.57. The SMILES string of the molecule is COc1cc2c(cc1NC(=O)C[NH2+][C@H](C)c1ccccc1)oc1ccccc12. The maximum absolute atomic E-state index is 12.5. The van der Waals surface area contributed by atoms with Crippen LogP contribution in [-0.2, 0) is 4.79 Å². The Morgan fingerprint density at radius 2 is 1.79 bits per heavy atom. The zero-order chi connectivity index (χ0) is 19.5. The highest BCUT2D eigenvalue weighted by atomic mass is 16.5. The first-order chi connectivity index (χ1) is 13.7. The van der Waals surface area contributed by atoms with Crippen LogP contribution in [0.1, 0.15) is 18.5 Å². The van der Waals surface area contributed by atoms with Gasteiger partial charge in [0, 0.05) is 22.4 Å². The summed E-state index contributed by atoms with van der Waals surface area (Å²) in [5.41, 5.74) is 3.34. The summed E-state index contributed by atoms with van der Waals surface area (Å²) in [6, 6.07) is 21.9. The van der Waals surface area contributed by atoms with Gasteiger partial charge in [0.05, 0.1) is 12.8 Å². The highest BCUT2D eigenvalue weighted by molar-refractivity contribution is 6.07. The van der Waals surface area contributed by atoms with Gasteiger partial charge >= 0.3 is 0 Å². The van der Waals surface area contributed by atoms with Crippen LogP contribution in [0.2, 0.25) is 0 Å². The number of benzene rings is 3. The van der Waals surface area contributed by atoms with E-state index in [2.05, 4.69) is 24.4 Å². The molecule has 5 nitrogen and oxygen atoms in total. The number of ether oxygens (including phenoxy) is 1. The quantitative estimate of drug-likeness (QED) is 0.538. The number of quaternary nitrogens is 1. The monoisotopic (exact) mass is 375 g/mol. The van der Waals surface area contributed by atoms with Crippen molar-refractivity contribution in [2.45, 2.75) is 13.0 Å². The van der Waals surface area contributed by atoms with Crippen LogP contribution < -0.4 is 15.4 Å². The van der Waals surface area contributed by atoms with Gasteiger partial charge in [-0.1, -0.05) is 48.5 Å². The second-order valence-corrected chi connectivity index (χ2v) is 6.83. The molecule has 1 aromatic heterocycles. The maximum atomic E-state index is 12.5. The van der Waals surface area contributed by atoms with E-state index in [1.165, 1.54) is 5.56 Å². The molecule has 0 radical (unpaired) electrons. The highest BCUT2D eigenvalue weighted by Crippen LogP contribution is 2.36. The molecule has 0 saturated heterocycles. The van der Waals surface area contributed by atoms with Gasteiger partial charge < -0.3 is 19.8 Å². The summed E-state index contributed by atoms with van der Waals surface area (Å²) in [4.78, 5) is 12.5. The maximum Gasteiger partial charge on any atom is 0.279 e. The normalized spacial score (nSPS) is 12.2. The Bertz CT molecular complexity index is 1120. The van der Waals surface area contributed by atoms with Crippen LogP contribution in [0.25, 0.3) is 21.9 Å². The molecule has 4 rings (SSSR count). The van der Waals surface area contributed by atoms with Crippen molar-refractivity contribution >= 4 is 33.5 Å². The summed E-state index contributed by atoms with van der Waals surface area (Å²) < 4.78 is 11.4. The molecule has 0 saturated carbocycles. The smallest absolute Gasteiger partial charge is 0.279 e. The predicted octanol–water partition coefficient (Wildman–Crippen LogP) is 3.86. The molecule has 1 atom stereocenters. The molecule has 0 aliphatic rings. The zero-order valence-corrected chi connectivity index (χ0v) is 15.9. The van der Waals surface area contributed by atoms with Gasteiger partial charge in [-0.2, -0.15) is 0 Å². The fraction of sp³-hybridized carbons (Fsp3) is 0.174. The Morgan fingerprint density at radius 1 is 1.04 bits per heavy atom. The molecule has 0 spiro atoms. The second kappa shape index (κ2) is 7.74. The molecule has 3 N–H and O–H groups in total. The van der Waals surface area contributed by atoms with Gasteiger partial charge in [-0.3, -0.25) is 4.79 Å². The molecule has 3 aromatic carbocycles. The second-order valence-electron chi connectivity index (χ2n) is 6.83. The first-order valence-corrected chi connectivity index (χ1v) is 9.33. The number of carbonyl (C=O) groups excluding carboxylic acids is 1. The molecule has 28 heavy (non-hydrogen) atoms. The molecule has 5 heteroatoms. The number of methoxy groups -OCH3 is 1. The van der Waals surface area contributed by atoms with E-state index in [1.54, 1.807) is 7.11 Å². The minimum absolute atomic E-state index is 0.0865. The van der Waals surface area contributed by atoms with Crippen molar-refractivity contribution in [2.75, 3.05) is 19.0 Å². The topological polar surface area (TPSA) is 68.1 Å². The number of nitrogens with one attached hydrogen (secondary N) is 1. The zero-order valence-electron chi connectivity index (χ0n) is 15.9. The predicted molar refractivity (Wildman–Crippen MR) is 111 cm³/mol. The number of hydrogen-bond donors (Lipinski definition) is 2. The molecule has 0 unspecified atom stereocenters. The van der Waals surface area contributed by atoms with Gasteiger partial charge in [-0.05, 0) is 19.1 Å². The van der Waals surface area contributed by atoms with Crippen molar-refractivity contribution in [2.24, 2.45) is 0 Å². The molecular formula is C23H23N2O3+. The Hall–Kier alpha value is -3.31. The Morgan fingerprint density at radius 3 is 2.57 bits per heavy atom. The largest absolute Gasteiger partial charge is 0.495 e. The summed E-state index contributed by atoms with van der Waals surface area (Å²) >= 11 is 0. The van der Waals surface area contributed by atoms with Crippen molar-refractivity contribution in [1.29, 1.82) is 0 Å². The standard InChI is InChI=1S/C23H22N2O3/c1-15(16-8-4-3-5-9-16)24-14-23(26)25-19-13-21-18(12-22(19)27-2)17-10-6-7-11-20(17)28-21/h3-13,15,24H,14H2,1-2H3,(H,25,26)/p+1/t15-/m1/s1. The Kier molecular flexibility index (Phi) is 5.00. The number of hydrogen-bond acceptors (Lipinski definition) is 3. The molecule has 1 amide bonds. The summed E-state index contributed by atoms with van der Waals surface area (Å²) in [6.45, 7) is 2.40. The number of amides is 1. The van der Waals surface area contributed by atoms with Gasteiger partial charge in [0.25, 0.3) is 5.91 Å². The van der Waals surface area contributed by atoms with Crippen LogP contribution in [0.15, 0.2) is 71.1 Å². The van der Waals surface area contributed by atoms with E-state index in [0.29, 0.717) is 18.0 Å². The minimum atomic E-state index is -0.0865. The third-order valence-electron chi connectivity index (χ3n) is 4.96. The average Bonchev–Trinajstić information content (AvgIpc) is 3.09. The van der Waals surface area contributed by atoms with Crippen LogP contribution >= 0.6 is 0 Å². The molecular weight excluding hydrogens is 352 g/mol. The highest BCUT2D eigenvalue weighted by Gasteiger charge is 2.16. The summed E-state index contributed by atoms with van der Waals surface area (Å²) in [6.07, 6.45) is 0. The molecule has 4 aromatic rings. The lowest BCUT2D eigenvalue weighted by molar-refractivity contribution is -0.682. The first-order valence-electron chi connectivity index (χ1n) is 9.33.